The Balaban J connectivity index is 1.64. The van der Waals surface area contributed by atoms with Crippen molar-refractivity contribution in [3.05, 3.63) is 52.8 Å². The molecule has 3 rings (SSSR count). The van der Waals surface area contributed by atoms with Crippen molar-refractivity contribution in [2.24, 2.45) is 7.05 Å². The molecule has 0 aliphatic carbocycles. The van der Waals surface area contributed by atoms with E-state index in [-0.39, 0.29) is 11.3 Å². The molecular weight excluding hydrogens is 336 g/mol. The molecule has 1 aliphatic rings. The van der Waals surface area contributed by atoms with E-state index in [2.05, 4.69) is 62.0 Å². The molecule has 2 heterocycles. The largest absolute Gasteiger partial charge is 0.336 e. The fraction of sp³-hybridized carbons (Fsp3) is 0.545. The van der Waals surface area contributed by atoms with Gasteiger partial charge in [0.1, 0.15) is 5.69 Å². The number of rotatable bonds is 3. The molecule has 0 saturated carbocycles. The zero-order valence-corrected chi connectivity index (χ0v) is 17.3. The fourth-order valence-electron chi connectivity index (χ4n) is 3.48. The van der Waals surface area contributed by atoms with E-state index in [9.17, 15) is 4.79 Å². The second kappa shape index (κ2) is 7.85. The van der Waals surface area contributed by atoms with E-state index < -0.39 is 0 Å². The van der Waals surface area contributed by atoms with Crippen molar-refractivity contribution in [3.63, 3.8) is 0 Å². The van der Waals surface area contributed by atoms with Crippen LogP contribution in [-0.4, -0.2) is 51.7 Å². The number of nitrogens with zero attached hydrogens (tertiary/aromatic N) is 4. The van der Waals surface area contributed by atoms with Crippen molar-refractivity contribution >= 4 is 5.91 Å². The molecule has 5 heteroatoms. The Kier molecular flexibility index (Phi) is 5.70. The number of benzene rings is 1. The van der Waals surface area contributed by atoms with Crippen LogP contribution in [0, 0.1) is 6.92 Å². The molecule has 0 spiro atoms. The summed E-state index contributed by atoms with van der Waals surface area (Å²) in [6.07, 6.45) is 1.00. The molecular formula is C22H32N4O. The topological polar surface area (TPSA) is 41.4 Å². The van der Waals surface area contributed by atoms with Gasteiger partial charge in [-0.05, 0) is 25.0 Å². The summed E-state index contributed by atoms with van der Waals surface area (Å²) in [5.74, 6) is 0.0951. The van der Waals surface area contributed by atoms with Crippen molar-refractivity contribution in [2.75, 3.05) is 26.2 Å². The Labute approximate surface area is 163 Å². The molecule has 0 unspecified atom stereocenters. The smallest absolute Gasteiger partial charge is 0.272 e. The van der Waals surface area contributed by atoms with Crippen molar-refractivity contribution in [1.82, 2.24) is 19.6 Å². The maximum Gasteiger partial charge on any atom is 0.272 e. The van der Waals surface area contributed by atoms with Gasteiger partial charge in [-0.25, -0.2) is 0 Å². The minimum Gasteiger partial charge on any atom is -0.336 e. The number of aromatic nitrogens is 2. The summed E-state index contributed by atoms with van der Waals surface area (Å²) in [5, 5.41) is 4.56. The standard InChI is InChI=1S/C22H32N4O/c1-17-7-9-18(10-8-17)16-25-11-6-12-26(14-13-25)21(27)19-15-20(22(2,3)4)23-24(19)5/h7-10,15H,6,11-14,16H2,1-5H3. The quantitative estimate of drug-likeness (QED) is 0.834. The van der Waals surface area contributed by atoms with Gasteiger partial charge in [0.05, 0.1) is 5.69 Å². The predicted molar refractivity (Wildman–Crippen MR) is 109 cm³/mol. The molecule has 0 N–H and O–H groups in total. The first-order chi connectivity index (χ1) is 12.7. The van der Waals surface area contributed by atoms with Crippen LogP contribution in [0.15, 0.2) is 30.3 Å². The molecule has 1 aromatic heterocycles. The molecule has 0 bridgehead atoms. The lowest BCUT2D eigenvalue weighted by atomic mass is 9.92. The highest BCUT2D eigenvalue weighted by atomic mass is 16.2. The van der Waals surface area contributed by atoms with Gasteiger partial charge in [-0.3, -0.25) is 14.4 Å². The van der Waals surface area contributed by atoms with Gasteiger partial charge in [-0.2, -0.15) is 5.10 Å². The summed E-state index contributed by atoms with van der Waals surface area (Å²) in [7, 11) is 1.87. The normalized spacial score (nSPS) is 16.4. The van der Waals surface area contributed by atoms with E-state index in [1.165, 1.54) is 11.1 Å². The molecule has 1 aromatic carbocycles. The summed E-state index contributed by atoms with van der Waals surface area (Å²) in [4.78, 5) is 17.5. The third kappa shape index (κ3) is 4.78. The van der Waals surface area contributed by atoms with Gasteiger partial charge >= 0.3 is 0 Å². The van der Waals surface area contributed by atoms with Crippen LogP contribution in [0.4, 0.5) is 0 Å². The van der Waals surface area contributed by atoms with Crippen molar-refractivity contribution < 1.29 is 4.79 Å². The van der Waals surface area contributed by atoms with Gasteiger partial charge in [-0.1, -0.05) is 50.6 Å². The van der Waals surface area contributed by atoms with Crippen molar-refractivity contribution in [1.29, 1.82) is 0 Å². The Hall–Kier alpha value is -2.14. The highest BCUT2D eigenvalue weighted by Crippen LogP contribution is 2.22. The summed E-state index contributed by atoms with van der Waals surface area (Å²) in [5.41, 5.74) is 4.22. The SMILES string of the molecule is Cc1ccc(CN2CCCN(C(=O)c3cc(C(C)(C)C)nn3C)CC2)cc1. The first kappa shape index (κ1) is 19.6. The van der Waals surface area contributed by atoms with Crippen LogP contribution in [0.1, 0.15) is 54.5 Å². The predicted octanol–water partition coefficient (Wildman–Crippen LogP) is 3.37. The van der Waals surface area contributed by atoms with Crippen LogP contribution in [-0.2, 0) is 19.0 Å². The van der Waals surface area contributed by atoms with Crippen LogP contribution >= 0.6 is 0 Å². The number of carbonyl (C=O) groups is 1. The van der Waals surface area contributed by atoms with Crippen LogP contribution in [0.2, 0.25) is 0 Å². The number of hydrogen-bond acceptors (Lipinski definition) is 3. The molecule has 2 aromatic rings. The number of aryl methyl sites for hydroxylation is 2. The molecule has 0 radical (unpaired) electrons. The number of hydrogen-bond donors (Lipinski definition) is 0. The second-order valence-electron chi connectivity index (χ2n) is 8.70. The highest BCUT2D eigenvalue weighted by Gasteiger charge is 2.26. The molecule has 27 heavy (non-hydrogen) atoms. The molecule has 1 fully saturated rings. The van der Waals surface area contributed by atoms with Gasteiger partial charge < -0.3 is 4.90 Å². The van der Waals surface area contributed by atoms with Gasteiger partial charge in [0.2, 0.25) is 0 Å². The number of carbonyl (C=O) groups excluding carboxylic acids is 1. The third-order valence-electron chi connectivity index (χ3n) is 5.27. The number of amides is 1. The van der Waals surface area contributed by atoms with E-state index in [0.717, 1.165) is 44.8 Å². The maximum absolute atomic E-state index is 13.1. The van der Waals surface area contributed by atoms with Gasteiger partial charge in [0.15, 0.2) is 0 Å². The zero-order valence-electron chi connectivity index (χ0n) is 17.3. The van der Waals surface area contributed by atoms with Gasteiger partial charge in [-0.15, -0.1) is 0 Å². The molecule has 146 valence electrons. The summed E-state index contributed by atoms with van der Waals surface area (Å²) < 4.78 is 1.73. The Morgan fingerprint density at radius 1 is 1.07 bits per heavy atom. The lowest BCUT2D eigenvalue weighted by molar-refractivity contribution is 0.0750. The Bertz CT molecular complexity index is 786. The fourth-order valence-corrected chi connectivity index (χ4v) is 3.48. The summed E-state index contributed by atoms with van der Waals surface area (Å²) >= 11 is 0. The minimum atomic E-state index is -0.0556. The molecule has 5 nitrogen and oxygen atoms in total. The van der Waals surface area contributed by atoms with Crippen molar-refractivity contribution in [3.8, 4) is 0 Å². The van der Waals surface area contributed by atoms with Crippen LogP contribution in [0.3, 0.4) is 0 Å². The minimum absolute atomic E-state index is 0.0556. The average Bonchev–Trinajstić information content (AvgIpc) is 2.86. The molecule has 1 aliphatic heterocycles. The van der Waals surface area contributed by atoms with Gasteiger partial charge in [0, 0.05) is 45.2 Å². The first-order valence-electron chi connectivity index (χ1n) is 9.86. The molecule has 0 atom stereocenters. The van der Waals surface area contributed by atoms with E-state index in [1.807, 2.05) is 18.0 Å². The van der Waals surface area contributed by atoms with Crippen LogP contribution in [0.5, 0.6) is 0 Å². The monoisotopic (exact) mass is 368 g/mol. The average molecular weight is 369 g/mol. The third-order valence-corrected chi connectivity index (χ3v) is 5.27. The Morgan fingerprint density at radius 3 is 2.41 bits per heavy atom. The summed E-state index contributed by atoms with van der Waals surface area (Å²) in [6, 6.07) is 10.7. The zero-order chi connectivity index (χ0) is 19.6. The second-order valence-corrected chi connectivity index (χ2v) is 8.70. The molecule has 1 saturated heterocycles. The highest BCUT2D eigenvalue weighted by molar-refractivity contribution is 5.92. The summed E-state index contributed by atoms with van der Waals surface area (Å²) in [6.45, 7) is 12.9. The van der Waals surface area contributed by atoms with Crippen LogP contribution < -0.4 is 0 Å². The van der Waals surface area contributed by atoms with E-state index in [1.54, 1.807) is 4.68 Å². The first-order valence-corrected chi connectivity index (χ1v) is 9.86. The molecule has 1 amide bonds. The lowest BCUT2D eigenvalue weighted by Gasteiger charge is -2.22. The van der Waals surface area contributed by atoms with Gasteiger partial charge in [0.25, 0.3) is 5.91 Å². The Morgan fingerprint density at radius 2 is 1.78 bits per heavy atom. The van der Waals surface area contributed by atoms with Crippen LogP contribution in [0.25, 0.3) is 0 Å². The van der Waals surface area contributed by atoms with E-state index in [4.69, 9.17) is 0 Å². The lowest BCUT2D eigenvalue weighted by Crippen LogP contribution is -2.36. The van der Waals surface area contributed by atoms with Crippen molar-refractivity contribution in [2.45, 2.75) is 46.1 Å². The van der Waals surface area contributed by atoms with E-state index in [0.29, 0.717) is 5.69 Å². The van der Waals surface area contributed by atoms with E-state index >= 15 is 0 Å². The maximum atomic E-state index is 13.1.